The van der Waals surface area contributed by atoms with Crippen LogP contribution in [-0.2, 0) is 0 Å². The molecule has 6 nitrogen and oxygen atoms in total. The van der Waals surface area contributed by atoms with E-state index in [0.29, 0.717) is 28.4 Å². The molecule has 6 heteroatoms. The maximum atomic E-state index is 12.2. The van der Waals surface area contributed by atoms with E-state index in [1.807, 2.05) is 0 Å². The van der Waals surface area contributed by atoms with E-state index >= 15 is 0 Å². The molecule has 0 saturated heterocycles. The molecule has 3 N–H and O–H groups in total. The lowest BCUT2D eigenvalue weighted by molar-refractivity contribution is 0.102. The number of nitrogens with one attached hydrogen (secondary N) is 1. The first-order valence-electron chi connectivity index (χ1n) is 5.88. The number of carbonyl (C=O) groups excluding carboxylic acids is 1. The summed E-state index contributed by atoms with van der Waals surface area (Å²) in [6, 6.07) is 6.60. The van der Waals surface area contributed by atoms with Crippen LogP contribution in [0.2, 0.25) is 0 Å². The van der Waals surface area contributed by atoms with Gasteiger partial charge in [0.25, 0.3) is 5.91 Å². The first kappa shape index (κ1) is 13.7. The number of amides is 1. The molecular formula is C14H15N3O3. The van der Waals surface area contributed by atoms with Gasteiger partial charge in [0.1, 0.15) is 11.5 Å². The third kappa shape index (κ3) is 2.80. The lowest BCUT2D eigenvalue weighted by Gasteiger charge is -2.10. The second-order valence-corrected chi connectivity index (χ2v) is 3.99. The molecule has 1 amide bonds. The first-order valence-corrected chi connectivity index (χ1v) is 5.88. The lowest BCUT2D eigenvalue weighted by Crippen LogP contribution is -2.13. The van der Waals surface area contributed by atoms with Crippen LogP contribution >= 0.6 is 0 Å². The van der Waals surface area contributed by atoms with Gasteiger partial charge >= 0.3 is 0 Å². The number of anilines is 2. The predicted octanol–water partition coefficient (Wildman–Crippen LogP) is 1.93. The fourth-order valence-corrected chi connectivity index (χ4v) is 1.72. The highest BCUT2D eigenvalue weighted by molar-refractivity contribution is 6.06. The number of methoxy groups -OCH3 is 2. The molecule has 104 valence electrons. The molecule has 1 aromatic heterocycles. The topological polar surface area (TPSA) is 86.5 Å². The average molecular weight is 273 g/mol. The first-order chi connectivity index (χ1) is 9.65. The number of nitrogens with two attached hydrogens (primary N) is 1. The van der Waals surface area contributed by atoms with Gasteiger partial charge in [0.2, 0.25) is 0 Å². The highest BCUT2D eigenvalue weighted by Gasteiger charge is 2.12. The second kappa shape index (κ2) is 5.92. The molecule has 0 unspecified atom stereocenters. The smallest absolute Gasteiger partial charge is 0.259 e. The zero-order valence-electron chi connectivity index (χ0n) is 11.2. The van der Waals surface area contributed by atoms with E-state index in [1.54, 1.807) is 24.3 Å². The molecule has 2 rings (SSSR count). The van der Waals surface area contributed by atoms with Gasteiger partial charge in [-0.3, -0.25) is 9.78 Å². The van der Waals surface area contributed by atoms with E-state index in [-0.39, 0.29) is 5.91 Å². The summed E-state index contributed by atoms with van der Waals surface area (Å²) >= 11 is 0. The van der Waals surface area contributed by atoms with E-state index in [1.165, 1.54) is 26.6 Å². The molecule has 0 bridgehead atoms. The number of rotatable bonds is 4. The molecule has 0 aliphatic rings. The van der Waals surface area contributed by atoms with Gasteiger partial charge in [0, 0.05) is 18.0 Å². The van der Waals surface area contributed by atoms with Gasteiger partial charge in [0.15, 0.2) is 0 Å². The van der Waals surface area contributed by atoms with Crippen LogP contribution in [0.3, 0.4) is 0 Å². The van der Waals surface area contributed by atoms with Crippen molar-refractivity contribution in [2.75, 3.05) is 25.3 Å². The maximum Gasteiger partial charge on any atom is 0.259 e. The minimum atomic E-state index is -0.295. The normalized spacial score (nSPS) is 9.90. The predicted molar refractivity (Wildman–Crippen MR) is 76.1 cm³/mol. The summed E-state index contributed by atoms with van der Waals surface area (Å²) in [6.45, 7) is 0. The Morgan fingerprint density at radius 3 is 2.65 bits per heavy atom. The Morgan fingerprint density at radius 2 is 1.95 bits per heavy atom. The zero-order chi connectivity index (χ0) is 14.5. The monoisotopic (exact) mass is 273 g/mol. The Bertz CT molecular complexity index is 629. The van der Waals surface area contributed by atoms with Crippen LogP contribution in [-0.4, -0.2) is 25.1 Å². The van der Waals surface area contributed by atoms with Crippen LogP contribution in [0.15, 0.2) is 36.7 Å². The summed E-state index contributed by atoms with van der Waals surface area (Å²) in [5.74, 6) is 0.618. The highest BCUT2D eigenvalue weighted by Crippen LogP contribution is 2.26. The lowest BCUT2D eigenvalue weighted by atomic mass is 10.2. The van der Waals surface area contributed by atoms with E-state index in [9.17, 15) is 4.79 Å². The number of nitrogens with zero attached hydrogens (tertiary/aromatic N) is 1. The van der Waals surface area contributed by atoms with Gasteiger partial charge < -0.3 is 20.5 Å². The minimum Gasteiger partial charge on any atom is -0.495 e. The van der Waals surface area contributed by atoms with Crippen molar-refractivity contribution in [2.45, 2.75) is 0 Å². The van der Waals surface area contributed by atoms with Crippen LogP contribution in [0.4, 0.5) is 11.4 Å². The fraction of sp³-hybridized carbons (Fsp3) is 0.143. The average Bonchev–Trinajstić information content (AvgIpc) is 2.49. The Balaban J connectivity index is 2.23. The summed E-state index contributed by atoms with van der Waals surface area (Å²) < 4.78 is 10.2. The van der Waals surface area contributed by atoms with E-state index in [0.717, 1.165) is 0 Å². The van der Waals surface area contributed by atoms with Gasteiger partial charge in [-0.15, -0.1) is 0 Å². The van der Waals surface area contributed by atoms with Crippen molar-refractivity contribution < 1.29 is 14.3 Å². The molecule has 1 heterocycles. The molecular weight excluding hydrogens is 258 g/mol. The largest absolute Gasteiger partial charge is 0.495 e. The molecule has 0 aliphatic carbocycles. The summed E-state index contributed by atoms with van der Waals surface area (Å²) in [6.07, 6.45) is 3.01. The fourth-order valence-electron chi connectivity index (χ4n) is 1.72. The van der Waals surface area contributed by atoms with E-state index < -0.39 is 0 Å². The van der Waals surface area contributed by atoms with Crippen LogP contribution in [0.5, 0.6) is 11.5 Å². The van der Waals surface area contributed by atoms with Crippen molar-refractivity contribution in [3.63, 3.8) is 0 Å². The van der Waals surface area contributed by atoms with E-state index in [4.69, 9.17) is 15.2 Å². The van der Waals surface area contributed by atoms with Crippen molar-refractivity contribution in [3.05, 3.63) is 42.2 Å². The number of benzene rings is 1. The van der Waals surface area contributed by atoms with E-state index in [2.05, 4.69) is 10.3 Å². The minimum absolute atomic E-state index is 0.295. The number of nitrogen functional groups attached to an aromatic ring is 1. The molecule has 0 aliphatic heterocycles. The Labute approximate surface area is 116 Å². The van der Waals surface area contributed by atoms with Crippen molar-refractivity contribution in [1.29, 1.82) is 0 Å². The Morgan fingerprint density at radius 1 is 1.20 bits per heavy atom. The van der Waals surface area contributed by atoms with Crippen molar-refractivity contribution in [2.24, 2.45) is 0 Å². The third-order valence-corrected chi connectivity index (χ3v) is 2.74. The number of ether oxygens (including phenoxy) is 2. The van der Waals surface area contributed by atoms with Gasteiger partial charge in [-0.05, 0) is 18.2 Å². The van der Waals surface area contributed by atoms with Gasteiger partial charge in [-0.2, -0.15) is 0 Å². The van der Waals surface area contributed by atoms with Gasteiger partial charge in [-0.25, -0.2) is 0 Å². The van der Waals surface area contributed by atoms with Crippen molar-refractivity contribution >= 4 is 17.3 Å². The summed E-state index contributed by atoms with van der Waals surface area (Å²) in [5, 5.41) is 2.75. The Kier molecular flexibility index (Phi) is 4.05. The number of hydrogen-bond donors (Lipinski definition) is 2. The molecule has 0 atom stereocenters. The quantitative estimate of drug-likeness (QED) is 0.831. The number of carbonyl (C=O) groups is 1. The molecule has 1 aromatic carbocycles. The maximum absolute atomic E-state index is 12.2. The van der Waals surface area contributed by atoms with Crippen LogP contribution in [0.1, 0.15) is 10.4 Å². The van der Waals surface area contributed by atoms with Crippen LogP contribution in [0, 0.1) is 0 Å². The molecule has 0 radical (unpaired) electrons. The molecule has 20 heavy (non-hydrogen) atoms. The van der Waals surface area contributed by atoms with Gasteiger partial charge in [-0.1, -0.05) is 0 Å². The summed E-state index contributed by atoms with van der Waals surface area (Å²) in [7, 11) is 3.00. The third-order valence-electron chi connectivity index (χ3n) is 2.74. The summed E-state index contributed by atoms with van der Waals surface area (Å²) in [4.78, 5) is 16.1. The number of pyridine rings is 1. The molecule has 0 fully saturated rings. The van der Waals surface area contributed by atoms with Crippen molar-refractivity contribution in [3.8, 4) is 11.5 Å². The van der Waals surface area contributed by atoms with Crippen LogP contribution in [0.25, 0.3) is 0 Å². The van der Waals surface area contributed by atoms with Gasteiger partial charge in [0.05, 0.1) is 31.7 Å². The van der Waals surface area contributed by atoms with Crippen LogP contribution < -0.4 is 20.5 Å². The van der Waals surface area contributed by atoms with Crippen molar-refractivity contribution in [1.82, 2.24) is 4.98 Å². The number of hydrogen-bond acceptors (Lipinski definition) is 5. The standard InChI is InChI=1S/C14H15N3O3/c1-19-12-7-9(3-4-11(12)15)17-14(18)10-5-6-16-8-13(10)20-2/h3-8H,15H2,1-2H3,(H,17,18). The molecule has 0 saturated carbocycles. The summed E-state index contributed by atoms with van der Waals surface area (Å²) in [5.41, 5.74) is 7.21. The number of aromatic nitrogens is 1. The molecule has 2 aromatic rings. The highest BCUT2D eigenvalue weighted by atomic mass is 16.5. The second-order valence-electron chi connectivity index (χ2n) is 3.99. The SMILES string of the molecule is COc1cc(NC(=O)c2ccncc2OC)ccc1N. The Hall–Kier alpha value is -2.76. The zero-order valence-corrected chi connectivity index (χ0v) is 11.2. The molecule has 0 spiro atoms.